The lowest BCUT2D eigenvalue weighted by Gasteiger charge is -2.13. The van der Waals surface area contributed by atoms with Crippen LogP contribution in [0.3, 0.4) is 0 Å². The fourth-order valence-corrected chi connectivity index (χ4v) is 3.67. The molecule has 1 aromatic rings. The highest BCUT2D eigenvalue weighted by atomic mass is 35.5. The maximum absolute atomic E-state index is 12.1. The molecule has 1 aliphatic heterocycles. The summed E-state index contributed by atoms with van der Waals surface area (Å²) in [6.45, 7) is 3.14. The highest BCUT2D eigenvalue weighted by Crippen LogP contribution is 2.19. The summed E-state index contributed by atoms with van der Waals surface area (Å²) in [6, 6.07) is 5.04. The van der Waals surface area contributed by atoms with Crippen molar-refractivity contribution in [2.75, 3.05) is 13.1 Å². The van der Waals surface area contributed by atoms with Gasteiger partial charge < -0.3 is 5.32 Å². The molecule has 2 rings (SSSR count). The lowest BCUT2D eigenvalue weighted by Crippen LogP contribution is -2.37. The summed E-state index contributed by atoms with van der Waals surface area (Å²) >= 11 is 5.82. The number of hydrogen-bond acceptors (Lipinski definition) is 3. The first-order valence-corrected chi connectivity index (χ1v) is 7.84. The van der Waals surface area contributed by atoms with E-state index < -0.39 is 10.0 Å². The number of rotatable bonds is 4. The first kappa shape index (κ1) is 13.8. The summed E-state index contributed by atoms with van der Waals surface area (Å²) in [4.78, 5) is 0.296. The van der Waals surface area contributed by atoms with E-state index in [-0.39, 0.29) is 6.04 Å². The Morgan fingerprint density at radius 1 is 1.50 bits per heavy atom. The van der Waals surface area contributed by atoms with Crippen molar-refractivity contribution in [3.8, 4) is 0 Å². The second kappa shape index (κ2) is 5.57. The number of nitrogens with one attached hydrogen (secondary N) is 2. The molecular formula is C12H17ClN2O2S. The van der Waals surface area contributed by atoms with E-state index in [1.54, 1.807) is 25.1 Å². The fraction of sp³-hybridized carbons (Fsp3) is 0.500. The zero-order valence-electron chi connectivity index (χ0n) is 10.2. The summed E-state index contributed by atoms with van der Waals surface area (Å²) in [7, 11) is -3.44. The van der Waals surface area contributed by atoms with Crippen LogP contribution in [0.25, 0.3) is 0 Å². The normalized spacial score (nSPS) is 20.2. The molecule has 18 heavy (non-hydrogen) atoms. The van der Waals surface area contributed by atoms with Crippen molar-refractivity contribution in [3.63, 3.8) is 0 Å². The van der Waals surface area contributed by atoms with E-state index in [0.29, 0.717) is 22.0 Å². The first-order valence-electron chi connectivity index (χ1n) is 5.98. The molecule has 1 aliphatic rings. The highest BCUT2D eigenvalue weighted by molar-refractivity contribution is 7.89. The van der Waals surface area contributed by atoms with Crippen LogP contribution in [0.2, 0.25) is 5.02 Å². The molecule has 0 saturated carbocycles. The second-order valence-corrected chi connectivity index (χ2v) is 6.73. The molecule has 0 bridgehead atoms. The largest absolute Gasteiger partial charge is 0.313 e. The Bertz CT molecular complexity index is 525. The summed E-state index contributed by atoms with van der Waals surface area (Å²) in [5, 5.41) is 3.80. The molecule has 1 fully saturated rings. The summed E-state index contributed by atoms with van der Waals surface area (Å²) in [5.74, 6) is 0. The van der Waals surface area contributed by atoms with Gasteiger partial charge in [-0.25, -0.2) is 13.1 Å². The van der Waals surface area contributed by atoms with Gasteiger partial charge in [-0.15, -0.1) is 0 Å². The number of benzene rings is 1. The Hall–Kier alpha value is -0.620. The minimum absolute atomic E-state index is 0.243. The molecule has 0 spiro atoms. The second-order valence-electron chi connectivity index (χ2n) is 4.55. The third kappa shape index (κ3) is 3.23. The topological polar surface area (TPSA) is 58.2 Å². The van der Waals surface area contributed by atoms with Gasteiger partial charge in [0.15, 0.2) is 0 Å². The molecule has 2 N–H and O–H groups in total. The molecule has 0 radical (unpaired) electrons. The Kier molecular flexibility index (Phi) is 4.27. The fourth-order valence-electron chi connectivity index (χ4n) is 2.13. The first-order chi connectivity index (χ1) is 8.49. The number of aryl methyl sites for hydroxylation is 1. The predicted octanol–water partition coefficient (Wildman–Crippen LogP) is 1.68. The van der Waals surface area contributed by atoms with E-state index in [9.17, 15) is 8.42 Å². The van der Waals surface area contributed by atoms with E-state index in [0.717, 1.165) is 19.4 Å². The molecule has 100 valence electrons. The Balaban J connectivity index is 2.09. The van der Waals surface area contributed by atoms with Crippen molar-refractivity contribution < 1.29 is 8.42 Å². The highest BCUT2D eigenvalue weighted by Gasteiger charge is 2.20. The van der Waals surface area contributed by atoms with Gasteiger partial charge in [0, 0.05) is 17.6 Å². The van der Waals surface area contributed by atoms with Gasteiger partial charge >= 0.3 is 0 Å². The van der Waals surface area contributed by atoms with E-state index in [2.05, 4.69) is 10.0 Å². The smallest absolute Gasteiger partial charge is 0.240 e. The number of sulfonamides is 1. The van der Waals surface area contributed by atoms with Crippen molar-refractivity contribution in [1.29, 1.82) is 0 Å². The zero-order chi connectivity index (χ0) is 13.2. The average Bonchev–Trinajstić information content (AvgIpc) is 2.78. The predicted molar refractivity (Wildman–Crippen MR) is 72.4 cm³/mol. The van der Waals surface area contributed by atoms with Crippen LogP contribution in [0.4, 0.5) is 0 Å². The lowest BCUT2D eigenvalue weighted by molar-refractivity contribution is 0.551. The third-order valence-corrected chi connectivity index (χ3v) is 4.93. The molecule has 0 unspecified atom stereocenters. The van der Waals surface area contributed by atoms with Gasteiger partial charge in [0.25, 0.3) is 0 Å². The van der Waals surface area contributed by atoms with Gasteiger partial charge in [-0.1, -0.05) is 11.6 Å². The minimum Gasteiger partial charge on any atom is -0.313 e. The van der Waals surface area contributed by atoms with Gasteiger partial charge in [0.05, 0.1) is 4.90 Å². The van der Waals surface area contributed by atoms with E-state index in [1.165, 1.54) is 0 Å². The van der Waals surface area contributed by atoms with Gasteiger partial charge in [-0.3, -0.25) is 0 Å². The van der Waals surface area contributed by atoms with Crippen LogP contribution in [0, 0.1) is 6.92 Å². The van der Waals surface area contributed by atoms with Gasteiger partial charge in [-0.2, -0.15) is 0 Å². The zero-order valence-corrected chi connectivity index (χ0v) is 11.8. The van der Waals surface area contributed by atoms with Crippen molar-refractivity contribution in [1.82, 2.24) is 10.0 Å². The van der Waals surface area contributed by atoms with Crippen LogP contribution in [-0.2, 0) is 10.0 Å². The summed E-state index contributed by atoms with van der Waals surface area (Å²) < 4.78 is 26.9. The molecule has 0 amide bonds. The molecule has 1 saturated heterocycles. The van der Waals surface area contributed by atoms with Gasteiger partial charge in [0.2, 0.25) is 10.0 Å². The quantitative estimate of drug-likeness (QED) is 0.886. The maximum Gasteiger partial charge on any atom is 0.240 e. The number of halogens is 1. The molecule has 0 aromatic heterocycles. The van der Waals surface area contributed by atoms with Crippen molar-refractivity contribution in [3.05, 3.63) is 28.8 Å². The van der Waals surface area contributed by atoms with Gasteiger partial charge in [-0.05, 0) is 50.1 Å². The SMILES string of the molecule is Cc1cc(Cl)ccc1S(=O)(=O)NC[C@H]1CCCN1. The van der Waals surface area contributed by atoms with E-state index in [4.69, 9.17) is 11.6 Å². The summed E-state index contributed by atoms with van der Waals surface area (Å²) in [5.41, 5.74) is 0.661. The van der Waals surface area contributed by atoms with Crippen molar-refractivity contribution in [2.24, 2.45) is 0 Å². The molecule has 6 heteroatoms. The monoisotopic (exact) mass is 288 g/mol. The van der Waals surface area contributed by atoms with E-state index >= 15 is 0 Å². The molecule has 1 aromatic carbocycles. The van der Waals surface area contributed by atoms with Crippen LogP contribution in [0.5, 0.6) is 0 Å². The van der Waals surface area contributed by atoms with Crippen molar-refractivity contribution >= 4 is 21.6 Å². The standard InChI is InChI=1S/C12H17ClN2O2S/c1-9-7-10(13)4-5-12(9)18(16,17)15-8-11-3-2-6-14-11/h4-5,7,11,14-15H,2-3,6,8H2,1H3/t11-/m1/s1. The maximum atomic E-state index is 12.1. The Labute approximate surface area is 113 Å². The van der Waals surface area contributed by atoms with E-state index in [1.807, 2.05) is 0 Å². The third-order valence-electron chi connectivity index (χ3n) is 3.11. The van der Waals surface area contributed by atoms with Crippen LogP contribution >= 0.6 is 11.6 Å². The Morgan fingerprint density at radius 2 is 2.28 bits per heavy atom. The molecule has 4 nitrogen and oxygen atoms in total. The average molecular weight is 289 g/mol. The minimum atomic E-state index is -3.44. The molecule has 1 atom stereocenters. The molecule has 1 heterocycles. The lowest BCUT2D eigenvalue weighted by atomic mass is 10.2. The van der Waals surface area contributed by atoms with Crippen molar-refractivity contribution in [2.45, 2.75) is 30.7 Å². The number of hydrogen-bond donors (Lipinski definition) is 2. The Morgan fingerprint density at radius 3 is 2.89 bits per heavy atom. The van der Waals surface area contributed by atoms with Crippen LogP contribution in [0.15, 0.2) is 23.1 Å². The van der Waals surface area contributed by atoms with Crippen LogP contribution < -0.4 is 10.0 Å². The van der Waals surface area contributed by atoms with Crippen LogP contribution in [0.1, 0.15) is 18.4 Å². The molecule has 0 aliphatic carbocycles. The van der Waals surface area contributed by atoms with Gasteiger partial charge in [0.1, 0.15) is 0 Å². The molecular weight excluding hydrogens is 272 g/mol. The summed E-state index contributed by atoms with van der Waals surface area (Å²) in [6.07, 6.45) is 2.12. The van der Waals surface area contributed by atoms with Crippen LogP contribution in [-0.4, -0.2) is 27.5 Å².